The lowest BCUT2D eigenvalue weighted by atomic mass is 10.1. The van der Waals surface area contributed by atoms with E-state index >= 15 is 0 Å². The fourth-order valence-electron chi connectivity index (χ4n) is 3.26. The van der Waals surface area contributed by atoms with Crippen molar-refractivity contribution in [1.29, 1.82) is 0 Å². The lowest BCUT2D eigenvalue weighted by Crippen LogP contribution is -2.39. The highest BCUT2D eigenvalue weighted by atomic mass is 19.1. The number of benzene rings is 2. The number of nitrogens with zero attached hydrogens (tertiary/aromatic N) is 3. The third-order valence-corrected chi connectivity index (χ3v) is 4.90. The summed E-state index contributed by atoms with van der Waals surface area (Å²) in [6, 6.07) is 12.1. The monoisotopic (exact) mass is 451 g/mol. The number of aromatic nitrogens is 1. The number of halogens is 2. The van der Waals surface area contributed by atoms with Gasteiger partial charge >= 0.3 is 0 Å². The summed E-state index contributed by atoms with van der Waals surface area (Å²) in [6.07, 6.45) is 3.03. The first-order valence-corrected chi connectivity index (χ1v) is 9.97. The number of anilines is 1. The maximum absolute atomic E-state index is 14.4. The molecule has 1 atom stereocenters. The largest absolute Gasteiger partial charge is 0.453 e. The summed E-state index contributed by atoms with van der Waals surface area (Å²) >= 11 is 0. The molecular weight excluding hydrogens is 432 g/mol. The van der Waals surface area contributed by atoms with Gasteiger partial charge in [0.15, 0.2) is 11.6 Å². The standard InChI is InChI=1S/C23H19F2N5O3/c24-15-4-6-16(7-5-15)30-20(22(26)31)11-19(29-30)23(32)28-12-14-3-8-21(18(25)10-14)33-17-2-1-9-27-13-17/h1-10,13,20H,11-12H2,(H2,26,31)(H,28,32). The van der Waals surface area contributed by atoms with Gasteiger partial charge in [-0.15, -0.1) is 0 Å². The second kappa shape index (κ2) is 9.43. The Morgan fingerprint density at radius 2 is 1.94 bits per heavy atom. The first kappa shape index (κ1) is 21.9. The van der Waals surface area contributed by atoms with Crippen LogP contribution in [0.15, 0.2) is 72.1 Å². The van der Waals surface area contributed by atoms with Crippen molar-refractivity contribution in [2.24, 2.45) is 10.8 Å². The van der Waals surface area contributed by atoms with Gasteiger partial charge < -0.3 is 15.8 Å². The van der Waals surface area contributed by atoms with Crippen LogP contribution in [0, 0.1) is 11.6 Å². The molecule has 8 nitrogen and oxygen atoms in total. The molecular formula is C23H19F2N5O3. The van der Waals surface area contributed by atoms with Gasteiger partial charge in [0.05, 0.1) is 11.9 Å². The number of hydrogen-bond acceptors (Lipinski definition) is 6. The molecule has 33 heavy (non-hydrogen) atoms. The summed E-state index contributed by atoms with van der Waals surface area (Å²) < 4.78 is 33.1. The zero-order valence-corrected chi connectivity index (χ0v) is 17.2. The molecule has 1 unspecified atom stereocenters. The van der Waals surface area contributed by atoms with Gasteiger partial charge in [0, 0.05) is 19.2 Å². The molecule has 1 aliphatic heterocycles. The number of carbonyl (C=O) groups excluding carboxylic acids is 2. The molecule has 0 saturated heterocycles. The molecule has 2 amide bonds. The van der Waals surface area contributed by atoms with Gasteiger partial charge in [-0.1, -0.05) is 6.07 Å². The minimum Gasteiger partial charge on any atom is -0.453 e. The number of rotatable bonds is 7. The minimum absolute atomic E-state index is 0.00913. The maximum Gasteiger partial charge on any atom is 0.267 e. The Kier molecular flexibility index (Phi) is 6.25. The van der Waals surface area contributed by atoms with Gasteiger partial charge in [-0.05, 0) is 54.1 Å². The van der Waals surface area contributed by atoms with Crippen molar-refractivity contribution in [2.75, 3.05) is 5.01 Å². The molecule has 1 aromatic heterocycles. The molecule has 4 rings (SSSR count). The van der Waals surface area contributed by atoms with Crippen molar-refractivity contribution in [3.8, 4) is 11.5 Å². The summed E-state index contributed by atoms with van der Waals surface area (Å²) in [5, 5.41) is 8.14. The number of nitrogens with one attached hydrogen (secondary N) is 1. The van der Waals surface area contributed by atoms with E-state index in [-0.39, 0.29) is 24.4 Å². The van der Waals surface area contributed by atoms with Gasteiger partial charge in [-0.2, -0.15) is 5.10 Å². The molecule has 3 N–H and O–H groups in total. The van der Waals surface area contributed by atoms with Crippen molar-refractivity contribution in [3.63, 3.8) is 0 Å². The molecule has 1 aliphatic rings. The SMILES string of the molecule is NC(=O)C1CC(C(=O)NCc2ccc(Oc3cccnc3)c(F)c2)=NN1c1ccc(F)cc1. The first-order chi connectivity index (χ1) is 15.9. The molecule has 0 saturated carbocycles. The summed E-state index contributed by atoms with van der Waals surface area (Å²) in [5.41, 5.74) is 6.46. The Hall–Kier alpha value is -4.34. The molecule has 10 heteroatoms. The third-order valence-electron chi connectivity index (χ3n) is 4.90. The van der Waals surface area contributed by atoms with Crippen LogP contribution in [0.4, 0.5) is 14.5 Å². The first-order valence-electron chi connectivity index (χ1n) is 9.97. The average Bonchev–Trinajstić information content (AvgIpc) is 3.26. The van der Waals surface area contributed by atoms with Crippen LogP contribution in [0.1, 0.15) is 12.0 Å². The van der Waals surface area contributed by atoms with Crippen LogP contribution in [-0.2, 0) is 16.1 Å². The summed E-state index contributed by atoms with van der Waals surface area (Å²) in [4.78, 5) is 28.4. The van der Waals surface area contributed by atoms with Crippen molar-refractivity contribution in [2.45, 2.75) is 19.0 Å². The molecule has 168 valence electrons. The fraction of sp³-hybridized carbons (Fsp3) is 0.130. The van der Waals surface area contributed by atoms with E-state index < -0.39 is 29.5 Å². The topological polar surface area (TPSA) is 110 Å². The van der Waals surface area contributed by atoms with Crippen molar-refractivity contribution in [3.05, 3.63) is 84.2 Å². The number of carbonyl (C=O) groups is 2. The molecule has 0 radical (unpaired) electrons. The predicted octanol–water partition coefficient (Wildman–Crippen LogP) is 2.89. The Morgan fingerprint density at radius 1 is 1.15 bits per heavy atom. The van der Waals surface area contributed by atoms with Gasteiger partial charge in [0.1, 0.15) is 23.3 Å². The van der Waals surface area contributed by atoms with E-state index in [4.69, 9.17) is 10.5 Å². The number of amides is 2. The zero-order valence-electron chi connectivity index (χ0n) is 17.2. The molecule has 2 heterocycles. The van der Waals surface area contributed by atoms with Crippen LogP contribution in [0.5, 0.6) is 11.5 Å². The third kappa shape index (κ3) is 5.12. The number of primary amides is 1. The number of nitrogens with two attached hydrogens (primary N) is 1. The molecule has 0 aliphatic carbocycles. The normalized spacial score (nSPS) is 15.2. The number of hydrogen-bond donors (Lipinski definition) is 2. The van der Waals surface area contributed by atoms with E-state index in [2.05, 4.69) is 15.4 Å². The van der Waals surface area contributed by atoms with E-state index in [0.29, 0.717) is 17.0 Å². The van der Waals surface area contributed by atoms with Gasteiger partial charge in [0.25, 0.3) is 5.91 Å². The molecule has 3 aromatic rings. The van der Waals surface area contributed by atoms with Crippen LogP contribution in [0.25, 0.3) is 0 Å². The van der Waals surface area contributed by atoms with Gasteiger partial charge in [0.2, 0.25) is 5.91 Å². The highest BCUT2D eigenvalue weighted by Gasteiger charge is 2.34. The second-order valence-electron chi connectivity index (χ2n) is 7.23. The molecule has 2 aromatic carbocycles. The van der Waals surface area contributed by atoms with E-state index in [1.165, 1.54) is 47.6 Å². The van der Waals surface area contributed by atoms with Crippen LogP contribution in [0.3, 0.4) is 0 Å². The zero-order chi connectivity index (χ0) is 23.4. The van der Waals surface area contributed by atoms with Crippen molar-refractivity contribution in [1.82, 2.24) is 10.3 Å². The van der Waals surface area contributed by atoms with Gasteiger partial charge in [-0.25, -0.2) is 8.78 Å². The number of pyridine rings is 1. The van der Waals surface area contributed by atoms with Crippen LogP contribution >= 0.6 is 0 Å². The Morgan fingerprint density at radius 3 is 2.61 bits per heavy atom. The van der Waals surface area contributed by atoms with Crippen LogP contribution in [-0.4, -0.2) is 28.6 Å². The fourth-order valence-corrected chi connectivity index (χ4v) is 3.26. The molecule has 0 bridgehead atoms. The minimum atomic E-state index is -0.877. The second-order valence-corrected chi connectivity index (χ2v) is 7.23. The average molecular weight is 451 g/mol. The van der Waals surface area contributed by atoms with E-state index in [1.54, 1.807) is 24.4 Å². The lowest BCUT2D eigenvalue weighted by molar-refractivity contribution is -0.119. The summed E-state index contributed by atoms with van der Waals surface area (Å²) in [6.45, 7) is 0.0275. The van der Waals surface area contributed by atoms with E-state index in [9.17, 15) is 18.4 Å². The maximum atomic E-state index is 14.4. The quantitative estimate of drug-likeness (QED) is 0.574. The van der Waals surface area contributed by atoms with Crippen molar-refractivity contribution >= 4 is 23.2 Å². The van der Waals surface area contributed by atoms with Crippen molar-refractivity contribution < 1.29 is 23.1 Å². The van der Waals surface area contributed by atoms with Crippen LogP contribution in [0.2, 0.25) is 0 Å². The Balaban J connectivity index is 1.41. The molecule has 0 fully saturated rings. The highest BCUT2D eigenvalue weighted by Crippen LogP contribution is 2.26. The predicted molar refractivity (Wildman–Crippen MR) is 116 cm³/mol. The lowest BCUT2D eigenvalue weighted by Gasteiger charge is -2.20. The van der Waals surface area contributed by atoms with E-state index in [1.807, 2.05) is 0 Å². The van der Waals surface area contributed by atoms with Crippen LogP contribution < -0.4 is 20.8 Å². The number of hydrazone groups is 1. The highest BCUT2D eigenvalue weighted by molar-refractivity contribution is 6.40. The molecule has 0 spiro atoms. The van der Waals surface area contributed by atoms with E-state index in [0.717, 1.165) is 0 Å². The Bertz CT molecular complexity index is 1200. The van der Waals surface area contributed by atoms with Gasteiger partial charge in [-0.3, -0.25) is 19.6 Å². The number of ether oxygens (including phenoxy) is 1. The summed E-state index contributed by atoms with van der Waals surface area (Å²) in [7, 11) is 0. The smallest absolute Gasteiger partial charge is 0.267 e. The Labute approximate surface area is 187 Å². The summed E-state index contributed by atoms with van der Waals surface area (Å²) in [5.74, 6) is -1.82.